The first-order valence-electron chi connectivity index (χ1n) is 5.78. The maximum atomic E-state index is 11.3. The summed E-state index contributed by atoms with van der Waals surface area (Å²) in [5.41, 5.74) is 7.84. The molecule has 0 radical (unpaired) electrons. The van der Waals surface area contributed by atoms with Gasteiger partial charge in [0, 0.05) is 31.6 Å². The zero-order valence-electron chi connectivity index (χ0n) is 9.65. The van der Waals surface area contributed by atoms with Gasteiger partial charge in [0.2, 0.25) is 5.91 Å². The number of piperidine rings is 1. The molecule has 1 unspecified atom stereocenters. The SMILES string of the molecule is CC(=O)N1CCCC(c2cccc(N)c2)C1. The Morgan fingerprint density at radius 3 is 3.00 bits per heavy atom. The molecule has 16 heavy (non-hydrogen) atoms. The highest BCUT2D eigenvalue weighted by Crippen LogP contribution is 2.27. The second-order valence-electron chi connectivity index (χ2n) is 4.47. The highest BCUT2D eigenvalue weighted by atomic mass is 16.2. The number of nitrogens with two attached hydrogens (primary N) is 1. The Labute approximate surface area is 96.2 Å². The van der Waals surface area contributed by atoms with E-state index in [1.807, 2.05) is 23.1 Å². The molecule has 0 spiro atoms. The Morgan fingerprint density at radius 1 is 1.50 bits per heavy atom. The molecule has 1 atom stereocenters. The molecule has 3 heteroatoms. The number of amides is 1. The van der Waals surface area contributed by atoms with Crippen LogP contribution in [0.15, 0.2) is 24.3 Å². The molecule has 1 aliphatic rings. The molecule has 0 bridgehead atoms. The largest absolute Gasteiger partial charge is 0.399 e. The van der Waals surface area contributed by atoms with Crippen LogP contribution < -0.4 is 5.73 Å². The number of benzene rings is 1. The maximum Gasteiger partial charge on any atom is 0.219 e. The molecule has 0 saturated carbocycles. The molecule has 1 aliphatic heterocycles. The van der Waals surface area contributed by atoms with Gasteiger partial charge < -0.3 is 10.6 Å². The Hall–Kier alpha value is -1.51. The van der Waals surface area contributed by atoms with Gasteiger partial charge in [0.05, 0.1) is 0 Å². The van der Waals surface area contributed by atoms with Gasteiger partial charge in [-0.3, -0.25) is 4.79 Å². The third kappa shape index (κ3) is 2.35. The lowest BCUT2D eigenvalue weighted by molar-refractivity contribution is -0.130. The van der Waals surface area contributed by atoms with Crippen LogP contribution in [0.5, 0.6) is 0 Å². The van der Waals surface area contributed by atoms with Crippen LogP contribution in [0.1, 0.15) is 31.2 Å². The first-order chi connectivity index (χ1) is 7.66. The van der Waals surface area contributed by atoms with Crippen molar-refractivity contribution in [3.05, 3.63) is 29.8 Å². The number of hydrogen-bond acceptors (Lipinski definition) is 2. The molecular weight excluding hydrogens is 200 g/mol. The van der Waals surface area contributed by atoms with Crippen LogP contribution in [-0.2, 0) is 4.79 Å². The monoisotopic (exact) mass is 218 g/mol. The molecule has 0 aliphatic carbocycles. The van der Waals surface area contributed by atoms with E-state index in [0.29, 0.717) is 5.92 Å². The van der Waals surface area contributed by atoms with Crippen molar-refractivity contribution >= 4 is 11.6 Å². The fourth-order valence-corrected chi connectivity index (χ4v) is 2.35. The molecule has 1 saturated heterocycles. The summed E-state index contributed by atoms with van der Waals surface area (Å²) in [5.74, 6) is 0.620. The van der Waals surface area contributed by atoms with Crippen LogP contribution in [0.4, 0.5) is 5.69 Å². The summed E-state index contributed by atoms with van der Waals surface area (Å²) < 4.78 is 0. The molecule has 2 N–H and O–H groups in total. The van der Waals surface area contributed by atoms with Gasteiger partial charge in [0.25, 0.3) is 0 Å². The maximum absolute atomic E-state index is 11.3. The van der Waals surface area contributed by atoms with Crippen LogP contribution in [0, 0.1) is 0 Å². The summed E-state index contributed by atoms with van der Waals surface area (Å²) in [7, 11) is 0. The zero-order chi connectivity index (χ0) is 11.5. The van der Waals surface area contributed by atoms with E-state index in [0.717, 1.165) is 31.6 Å². The van der Waals surface area contributed by atoms with E-state index in [-0.39, 0.29) is 5.91 Å². The Morgan fingerprint density at radius 2 is 2.31 bits per heavy atom. The third-order valence-corrected chi connectivity index (χ3v) is 3.25. The average Bonchev–Trinajstić information content (AvgIpc) is 2.29. The van der Waals surface area contributed by atoms with Gasteiger partial charge in [-0.1, -0.05) is 12.1 Å². The molecule has 0 aromatic heterocycles. The molecule has 1 heterocycles. The molecule has 1 amide bonds. The lowest BCUT2D eigenvalue weighted by atomic mass is 9.90. The molecule has 1 fully saturated rings. The molecule has 86 valence electrons. The normalized spacial score (nSPS) is 20.8. The van der Waals surface area contributed by atoms with Crippen molar-refractivity contribution in [1.82, 2.24) is 4.90 Å². The van der Waals surface area contributed by atoms with Gasteiger partial charge in [0.15, 0.2) is 0 Å². The minimum absolute atomic E-state index is 0.175. The summed E-state index contributed by atoms with van der Waals surface area (Å²) in [6.45, 7) is 3.37. The Kier molecular flexibility index (Phi) is 3.13. The number of carbonyl (C=O) groups excluding carboxylic acids is 1. The highest BCUT2D eigenvalue weighted by Gasteiger charge is 2.22. The van der Waals surface area contributed by atoms with E-state index in [2.05, 4.69) is 6.07 Å². The van der Waals surface area contributed by atoms with Crippen molar-refractivity contribution in [2.45, 2.75) is 25.7 Å². The van der Waals surface area contributed by atoms with E-state index in [1.165, 1.54) is 5.56 Å². The van der Waals surface area contributed by atoms with Crippen molar-refractivity contribution in [3.8, 4) is 0 Å². The van der Waals surface area contributed by atoms with E-state index in [4.69, 9.17) is 5.73 Å². The second-order valence-corrected chi connectivity index (χ2v) is 4.47. The number of carbonyl (C=O) groups is 1. The van der Waals surface area contributed by atoms with Crippen LogP contribution in [0.2, 0.25) is 0 Å². The van der Waals surface area contributed by atoms with E-state index < -0.39 is 0 Å². The second kappa shape index (κ2) is 4.56. The number of anilines is 1. The fraction of sp³-hybridized carbons (Fsp3) is 0.462. The van der Waals surface area contributed by atoms with Gasteiger partial charge in [-0.15, -0.1) is 0 Å². The fourth-order valence-electron chi connectivity index (χ4n) is 2.35. The number of likely N-dealkylation sites (tertiary alicyclic amines) is 1. The quantitative estimate of drug-likeness (QED) is 0.733. The standard InChI is InChI=1S/C13H18N2O/c1-10(16)15-7-3-5-12(9-15)11-4-2-6-13(14)8-11/h2,4,6,8,12H,3,5,7,9,14H2,1H3. The number of rotatable bonds is 1. The van der Waals surface area contributed by atoms with Crippen molar-refractivity contribution in [1.29, 1.82) is 0 Å². The summed E-state index contributed by atoms with van der Waals surface area (Å²) >= 11 is 0. The van der Waals surface area contributed by atoms with Crippen molar-refractivity contribution in [3.63, 3.8) is 0 Å². The van der Waals surface area contributed by atoms with Crippen molar-refractivity contribution < 1.29 is 4.79 Å². The van der Waals surface area contributed by atoms with Crippen molar-refractivity contribution in [2.75, 3.05) is 18.8 Å². The number of nitrogen functional groups attached to an aromatic ring is 1. The first-order valence-corrected chi connectivity index (χ1v) is 5.78. The Bertz CT molecular complexity index is 389. The van der Waals surface area contributed by atoms with Crippen LogP contribution >= 0.6 is 0 Å². The lowest BCUT2D eigenvalue weighted by Gasteiger charge is -2.32. The van der Waals surface area contributed by atoms with Crippen LogP contribution in [0.25, 0.3) is 0 Å². The molecule has 3 nitrogen and oxygen atoms in total. The third-order valence-electron chi connectivity index (χ3n) is 3.25. The van der Waals surface area contributed by atoms with Gasteiger partial charge in [0.1, 0.15) is 0 Å². The van der Waals surface area contributed by atoms with Gasteiger partial charge in [-0.25, -0.2) is 0 Å². The zero-order valence-corrected chi connectivity index (χ0v) is 9.65. The molecule has 2 rings (SSSR count). The minimum Gasteiger partial charge on any atom is -0.399 e. The molecule has 1 aromatic carbocycles. The average molecular weight is 218 g/mol. The van der Waals surface area contributed by atoms with E-state index >= 15 is 0 Å². The van der Waals surface area contributed by atoms with E-state index in [1.54, 1.807) is 6.92 Å². The molecule has 1 aromatic rings. The van der Waals surface area contributed by atoms with Gasteiger partial charge >= 0.3 is 0 Å². The van der Waals surface area contributed by atoms with Gasteiger partial charge in [-0.2, -0.15) is 0 Å². The van der Waals surface area contributed by atoms with Crippen LogP contribution in [0.3, 0.4) is 0 Å². The van der Waals surface area contributed by atoms with Crippen LogP contribution in [-0.4, -0.2) is 23.9 Å². The summed E-state index contributed by atoms with van der Waals surface area (Å²) in [4.78, 5) is 13.3. The van der Waals surface area contributed by atoms with E-state index in [9.17, 15) is 4.79 Å². The summed E-state index contributed by atoms with van der Waals surface area (Å²) in [6.07, 6.45) is 2.23. The highest BCUT2D eigenvalue weighted by molar-refractivity contribution is 5.73. The minimum atomic E-state index is 0.175. The summed E-state index contributed by atoms with van der Waals surface area (Å²) in [6, 6.07) is 8.01. The predicted octanol–water partition coefficient (Wildman–Crippen LogP) is 1.99. The molecular formula is C13H18N2O. The smallest absolute Gasteiger partial charge is 0.219 e. The summed E-state index contributed by atoms with van der Waals surface area (Å²) in [5, 5.41) is 0. The topological polar surface area (TPSA) is 46.3 Å². The van der Waals surface area contributed by atoms with Crippen molar-refractivity contribution in [2.24, 2.45) is 0 Å². The number of nitrogens with zero attached hydrogens (tertiary/aromatic N) is 1. The number of hydrogen-bond donors (Lipinski definition) is 1. The Balaban J connectivity index is 2.12. The van der Waals surface area contributed by atoms with Gasteiger partial charge in [-0.05, 0) is 30.5 Å². The first kappa shape index (κ1) is 11.0. The lowest BCUT2D eigenvalue weighted by Crippen LogP contribution is -2.37. The predicted molar refractivity (Wildman–Crippen MR) is 65.1 cm³/mol.